The number of alkyl halides is 3. The molecule has 16 heavy (non-hydrogen) atoms. The van der Waals surface area contributed by atoms with Crippen molar-refractivity contribution < 1.29 is 13.2 Å². The maximum absolute atomic E-state index is 13.2. The van der Waals surface area contributed by atoms with Crippen molar-refractivity contribution in [2.24, 2.45) is 0 Å². The molecule has 0 aliphatic heterocycles. The summed E-state index contributed by atoms with van der Waals surface area (Å²) in [6, 6.07) is 0. The van der Waals surface area contributed by atoms with Gasteiger partial charge in [-0.15, -0.1) is 0 Å². The van der Waals surface area contributed by atoms with Gasteiger partial charge in [-0.2, -0.15) is 13.2 Å². The van der Waals surface area contributed by atoms with Gasteiger partial charge >= 0.3 is 6.18 Å². The summed E-state index contributed by atoms with van der Waals surface area (Å²) in [4.78, 5) is 0. The topological polar surface area (TPSA) is 12.0 Å². The highest BCUT2D eigenvalue weighted by atomic mass is 19.4. The minimum Gasteiger partial charge on any atom is -0.304 e. The summed E-state index contributed by atoms with van der Waals surface area (Å²) in [6.45, 7) is 2.36. The van der Waals surface area contributed by atoms with E-state index in [9.17, 15) is 13.2 Å². The Hall–Kier alpha value is -0.250. The summed E-state index contributed by atoms with van der Waals surface area (Å²) >= 11 is 0. The minimum atomic E-state index is -4.11. The Bertz CT molecular complexity index is 187. The van der Waals surface area contributed by atoms with Gasteiger partial charge in [-0.25, -0.2) is 0 Å². The zero-order valence-corrected chi connectivity index (χ0v) is 10.00. The number of halogens is 3. The molecule has 1 N–H and O–H groups in total. The molecule has 1 saturated carbocycles. The fraction of sp³-hybridized carbons (Fsp3) is 1.00. The number of hydrogen-bond acceptors (Lipinski definition) is 1. The second kappa shape index (κ2) is 5.89. The van der Waals surface area contributed by atoms with Gasteiger partial charge in [0.15, 0.2) is 0 Å². The van der Waals surface area contributed by atoms with Gasteiger partial charge in [-0.3, -0.25) is 0 Å². The van der Waals surface area contributed by atoms with Gasteiger partial charge in [0.25, 0.3) is 0 Å². The van der Waals surface area contributed by atoms with Crippen molar-refractivity contribution in [3.05, 3.63) is 0 Å². The second-order valence-electron chi connectivity index (χ2n) is 4.77. The van der Waals surface area contributed by atoms with Crippen LogP contribution in [-0.4, -0.2) is 18.3 Å². The molecule has 0 atom stereocenters. The maximum atomic E-state index is 13.2. The molecule has 1 aliphatic rings. The van der Waals surface area contributed by atoms with Crippen LogP contribution in [0.25, 0.3) is 0 Å². The third-order valence-electron chi connectivity index (χ3n) is 3.46. The van der Waals surface area contributed by atoms with Crippen LogP contribution in [0.5, 0.6) is 0 Å². The molecule has 0 spiro atoms. The standard InChI is InChI=1S/C12H22F3N/c1-2-10-16-11(12(13,14)15)8-6-4-3-5-7-9-11/h16H,2-10H2,1H3. The van der Waals surface area contributed by atoms with Crippen LogP contribution < -0.4 is 5.32 Å². The smallest absolute Gasteiger partial charge is 0.304 e. The summed E-state index contributed by atoms with van der Waals surface area (Å²) in [5, 5.41) is 2.77. The van der Waals surface area contributed by atoms with Crippen molar-refractivity contribution in [1.29, 1.82) is 0 Å². The Labute approximate surface area is 95.8 Å². The first-order valence-corrected chi connectivity index (χ1v) is 6.33. The van der Waals surface area contributed by atoms with E-state index in [0.717, 1.165) is 25.7 Å². The van der Waals surface area contributed by atoms with Crippen LogP contribution in [-0.2, 0) is 0 Å². The van der Waals surface area contributed by atoms with E-state index in [2.05, 4.69) is 5.32 Å². The molecule has 96 valence electrons. The highest BCUT2D eigenvalue weighted by molar-refractivity contribution is 4.95. The van der Waals surface area contributed by atoms with E-state index in [1.54, 1.807) is 0 Å². The van der Waals surface area contributed by atoms with E-state index < -0.39 is 11.7 Å². The zero-order valence-electron chi connectivity index (χ0n) is 10.00. The van der Waals surface area contributed by atoms with Crippen LogP contribution in [0.15, 0.2) is 0 Å². The van der Waals surface area contributed by atoms with Crippen LogP contribution in [0.4, 0.5) is 13.2 Å². The Morgan fingerprint density at radius 1 is 1.00 bits per heavy atom. The van der Waals surface area contributed by atoms with E-state index in [0.29, 0.717) is 19.4 Å². The molecule has 1 fully saturated rings. The lowest BCUT2D eigenvalue weighted by Crippen LogP contribution is -2.57. The predicted molar refractivity (Wildman–Crippen MR) is 59.4 cm³/mol. The molecule has 0 radical (unpaired) electrons. The number of rotatable bonds is 3. The molecule has 0 aromatic heterocycles. The first kappa shape index (κ1) is 13.8. The monoisotopic (exact) mass is 237 g/mol. The minimum absolute atomic E-state index is 0.247. The molecule has 0 aromatic rings. The van der Waals surface area contributed by atoms with E-state index in [4.69, 9.17) is 0 Å². The number of hydrogen-bond donors (Lipinski definition) is 1. The largest absolute Gasteiger partial charge is 0.406 e. The SMILES string of the molecule is CCCNC1(C(F)(F)F)CCCCCCC1. The first-order valence-electron chi connectivity index (χ1n) is 6.33. The molecule has 0 unspecified atom stereocenters. The van der Waals surface area contributed by atoms with Crippen molar-refractivity contribution >= 4 is 0 Å². The summed E-state index contributed by atoms with van der Waals surface area (Å²) < 4.78 is 39.5. The normalized spacial score (nSPS) is 22.5. The van der Waals surface area contributed by atoms with Gasteiger partial charge in [0.1, 0.15) is 5.54 Å². The molecule has 1 aliphatic carbocycles. The maximum Gasteiger partial charge on any atom is 0.406 e. The lowest BCUT2D eigenvalue weighted by atomic mass is 9.83. The molecule has 4 heteroatoms. The molecule has 0 saturated heterocycles. The van der Waals surface area contributed by atoms with Gasteiger partial charge in [0.05, 0.1) is 0 Å². The van der Waals surface area contributed by atoms with Crippen molar-refractivity contribution in [2.45, 2.75) is 70.0 Å². The Kier molecular flexibility index (Phi) is 5.09. The summed E-state index contributed by atoms with van der Waals surface area (Å²) in [6.07, 6.45) is 1.47. The van der Waals surface area contributed by atoms with Crippen LogP contribution in [0.1, 0.15) is 58.3 Å². The highest BCUT2D eigenvalue weighted by Crippen LogP contribution is 2.40. The summed E-state index contributed by atoms with van der Waals surface area (Å²) in [5.74, 6) is 0. The third kappa shape index (κ3) is 3.37. The summed E-state index contributed by atoms with van der Waals surface area (Å²) in [7, 11) is 0. The Morgan fingerprint density at radius 3 is 1.94 bits per heavy atom. The van der Waals surface area contributed by atoms with E-state index in [1.807, 2.05) is 6.92 Å². The van der Waals surface area contributed by atoms with Crippen molar-refractivity contribution in [2.75, 3.05) is 6.54 Å². The number of nitrogens with one attached hydrogen (secondary N) is 1. The Balaban J connectivity index is 2.73. The van der Waals surface area contributed by atoms with E-state index in [-0.39, 0.29) is 12.8 Å². The molecule has 0 bridgehead atoms. The first-order chi connectivity index (χ1) is 7.52. The zero-order chi connectivity index (χ0) is 12.1. The van der Waals surface area contributed by atoms with Crippen molar-refractivity contribution in [3.8, 4) is 0 Å². The predicted octanol–water partition coefficient (Wildman–Crippen LogP) is 4.03. The van der Waals surface area contributed by atoms with Gasteiger partial charge in [0, 0.05) is 0 Å². The average molecular weight is 237 g/mol. The average Bonchev–Trinajstić information content (AvgIpc) is 2.14. The fourth-order valence-corrected chi connectivity index (χ4v) is 2.43. The van der Waals surface area contributed by atoms with Gasteiger partial charge in [0.2, 0.25) is 0 Å². The molecule has 0 amide bonds. The lowest BCUT2D eigenvalue weighted by Gasteiger charge is -2.38. The molecular weight excluding hydrogens is 215 g/mol. The third-order valence-corrected chi connectivity index (χ3v) is 3.46. The molecule has 0 heterocycles. The van der Waals surface area contributed by atoms with E-state index >= 15 is 0 Å². The highest BCUT2D eigenvalue weighted by Gasteiger charge is 2.53. The van der Waals surface area contributed by atoms with Crippen LogP contribution in [0.2, 0.25) is 0 Å². The van der Waals surface area contributed by atoms with Crippen LogP contribution in [0, 0.1) is 0 Å². The van der Waals surface area contributed by atoms with Crippen molar-refractivity contribution in [1.82, 2.24) is 5.32 Å². The lowest BCUT2D eigenvalue weighted by molar-refractivity contribution is -0.202. The fourth-order valence-electron chi connectivity index (χ4n) is 2.43. The van der Waals surface area contributed by atoms with E-state index in [1.165, 1.54) is 0 Å². The van der Waals surface area contributed by atoms with Gasteiger partial charge in [-0.1, -0.05) is 39.0 Å². The molecule has 1 rings (SSSR count). The molecule has 1 nitrogen and oxygen atoms in total. The van der Waals surface area contributed by atoms with Gasteiger partial charge in [-0.05, 0) is 25.8 Å². The van der Waals surface area contributed by atoms with Crippen molar-refractivity contribution in [3.63, 3.8) is 0 Å². The molecule has 0 aromatic carbocycles. The van der Waals surface area contributed by atoms with Crippen LogP contribution >= 0.6 is 0 Å². The quantitative estimate of drug-likeness (QED) is 0.781. The van der Waals surface area contributed by atoms with Crippen LogP contribution in [0.3, 0.4) is 0 Å². The summed E-state index contributed by atoms with van der Waals surface area (Å²) in [5.41, 5.74) is -1.61. The van der Waals surface area contributed by atoms with Gasteiger partial charge < -0.3 is 5.32 Å². The molecular formula is C12H22F3N. The second-order valence-corrected chi connectivity index (χ2v) is 4.77. The Morgan fingerprint density at radius 2 is 1.50 bits per heavy atom.